The van der Waals surface area contributed by atoms with E-state index in [9.17, 15) is 0 Å². The molecule has 2 rings (SSSR count). The van der Waals surface area contributed by atoms with Gasteiger partial charge in [-0.2, -0.15) is 5.26 Å². The Bertz CT molecular complexity index is 617. The van der Waals surface area contributed by atoms with Crippen molar-refractivity contribution in [2.45, 2.75) is 25.8 Å². The Hall–Kier alpha value is -2.47. The minimum Gasteiger partial charge on any atom is -0.495 e. The van der Waals surface area contributed by atoms with Gasteiger partial charge in [0.25, 0.3) is 0 Å². The Balaban J connectivity index is 2.27. The number of anilines is 1. The zero-order valence-corrected chi connectivity index (χ0v) is 12.5. The number of hydrogen-bond donors (Lipinski definition) is 1. The van der Waals surface area contributed by atoms with Crippen molar-refractivity contribution in [3.8, 4) is 11.8 Å². The SMILES string of the molecule is CCCC(Nc1ccc(C#N)cc1OC)c1ccccc1. The number of hydrogen-bond acceptors (Lipinski definition) is 3. The molecule has 0 aliphatic rings. The molecule has 21 heavy (non-hydrogen) atoms. The average molecular weight is 280 g/mol. The molecule has 0 aliphatic carbocycles. The molecule has 2 aromatic carbocycles. The van der Waals surface area contributed by atoms with Crippen molar-refractivity contribution in [3.05, 3.63) is 59.7 Å². The third-order valence-corrected chi connectivity index (χ3v) is 3.44. The molecule has 0 spiro atoms. The summed E-state index contributed by atoms with van der Waals surface area (Å²) in [5.41, 5.74) is 2.77. The molecule has 0 amide bonds. The molecule has 0 aliphatic heterocycles. The van der Waals surface area contributed by atoms with E-state index in [4.69, 9.17) is 10.00 Å². The van der Waals surface area contributed by atoms with Crippen LogP contribution in [0.1, 0.15) is 36.9 Å². The molecule has 3 heteroatoms. The van der Waals surface area contributed by atoms with Gasteiger partial charge in [0, 0.05) is 6.07 Å². The van der Waals surface area contributed by atoms with E-state index in [0.717, 1.165) is 18.5 Å². The lowest BCUT2D eigenvalue weighted by atomic mass is 10.0. The van der Waals surface area contributed by atoms with E-state index in [1.54, 1.807) is 19.2 Å². The predicted octanol–water partition coefficient (Wildman–Crippen LogP) is 4.52. The van der Waals surface area contributed by atoms with Gasteiger partial charge in [-0.25, -0.2) is 0 Å². The van der Waals surface area contributed by atoms with Crippen LogP contribution in [0.25, 0.3) is 0 Å². The molecule has 0 fully saturated rings. The van der Waals surface area contributed by atoms with E-state index >= 15 is 0 Å². The van der Waals surface area contributed by atoms with Crippen LogP contribution in [-0.4, -0.2) is 7.11 Å². The second kappa shape index (κ2) is 7.35. The van der Waals surface area contributed by atoms with Crippen LogP contribution in [0.3, 0.4) is 0 Å². The fourth-order valence-corrected chi connectivity index (χ4v) is 2.36. The van der Waals surface area contributed by atoms with Crippen molar-refractivity contribution in [3.63, 3.8) is 0 Å². The number of methoxy groups -OCH3 is 1. The summed E-state index contributed by atoms with van der Waals surface area (Å²) in [6.45, 7) is 2.17. The highest BCUT2D eigenvalue weighted by atomic mass is 16.5. The van der Waals surface area contributed by atoms with E-state index < -0.39 is 0 Å². The standard InChI is InChI=1S/C18H20N2O/c1-3-7-16(15-8-5-4-6-9-15)20-17-11-10-14(13-19)12-18(17)21-2/h4-6,8-12,16,20H,3,7H2,1-2H3. The van der Waals surface area contributed by atoms with E-state index in [0.29, 0.717) is 11.3 Å². The summed E-state index contributed by atoms with van der Waals surface area (Å²) >= 11 is 0. The first-order chi connectivity index (χ1) is 10.3. The summed E-state index contributed by atoms with van der Waals surface area (Å²) in [6, 6.07) is 18.2. The first-order valence-corrected chi connectivity index (χ1v) is 7.18. The highest BCUT2D eigenvalue weighted by molar-refractivity contribution is 5.60. The summed E-state index contributed by atoms with van der Waals surface area (Å²) in [4.78, 5) is 0. The maximum atomic E-state index is 8.97. The number of ether oxygens (including phenoxy) is 1. The van der Waals surface area contributed by atoms with Crippen molar-refractivity contribution in [2.24, 2.45) is 0 Å². The zero-order chi connectivity index (χ0) is 15.1. The average Bonchev–Trinajstić information content (AvgIpc) is 2.55. The van der Waals surface area contributed by atoms with Crippen LogP contribution in [0.15, 0.2) is 48.5 Å². The van der Waals surface area contributed by atoms with Crippen LogP contribution < -0.4 is 10.1 Å². The Morgan fingerprint density at radius 1 is 1.19 bits per heavy atom. The highest BCUT2D eigenvalue weighted by Gasteiger charge is 2.13. The Morgan fingerprint density at radius 3 is 2.57 bits per heavy atom. The van der Waals surface area contributed by atoms with Gasteiger partial charge in [0.05, 0.1) is 30.5 Å². The molecule has 108 valence electrons. The van der Waals surface area contributed by atoms with Gasteiger partial charge in [-0.05, 0) is 24.1 Å². The zero-order valence-electron chi connectivity index (χ0n) is 12.5. The van der Waals surface area contributed by atoms with E-state index in [-0.39, 0.29) is 6.04 Å². The van der Waals surface area contributed by atoms with Gasteiger partial charge in [0.1, 0.15) is 5.75 Å². The molecule has 0 aromatic heterocycles. The van der Waals surface area contributed by atoms with Crippen molar-refractivity contribution in [2.75, 3.05) is 12.4 Å². The highest BCUT2D eigenvalue weighted by Crippen LogP contribution is 2.31. The van der Waals surface area contributed by atoms with E-state index in [1.165, 1.54) is 5.56 Å². The summed E-state index contributed by atoms with van der Waals surface area (Å²) in [5.74, 6) is 0.700. The van der Waals surface area contributed by atoms with Gasteiger partial charge in [-0.1, -0.05) is 43.7 Å². The third kappa shape index (κ3) is 3.76. The first-order valence-electron chi connectivity index (χ1n) is 7.18. The van der Waals surface area contributed by atoms with E-state index in [2.05, 4.69) is 42.6 Å². The Labute approximate surface area is 126 Å². The topological polar surface area (TPSA) is 45.0 Å². The maximum absolute atomic E-state index is 8.97. The molecule has 1 unspecified atom stereocenters. The number of nitriles is 1. The molecular weight excluding hydrogens is 260 g/mol. The normalized spacial score (nSPS) is 11.5. The van der Waals surface area contributed by atoms with Crippen molar-refractivity contribution in [1.82, 2.24) is 0 Å². The molecule has 1 N–H and O–H groups in total. The largest absolute Gasteiger partial charge is 0.495 e. The second-order valence-corrected chi connectivity index (χ2v) is 4.92. The summed E-state index contributed by atoms with van der Waals surface area (Å²) in [5, 5.41) is 12.5. The number of nitrogens with zero attached hydrogens (tertiary/aromatic N) is 1. The molecule has 0 bridgehead atoms. The van der Waals surface area contributed by atoms with Crippen LogP contribution in [0.4, 0.5) is 5.69 Å². The van der Waals surface area contributed by atoms with Crippen LogP contribution in [0, 0.1) is 11.3 Å². The lowest BCUT2D eigenvalue weighted by Crippen LogP contribution is -2.11. The molecule has 0 saturated heterocycles. The van der Waals surface area contributed by atoms with Gasteiger partial charge >= 0.3 is 0 Å². The lowest BCUT2D eigenvalue weighted by molar-refractivity contribution is 0.415. The fourth-order valence-electron chi connectivity index (χ4n) is 2.36. The maximum Gasteiger partial charge on any atom is 0.143 e. The quantitative estimate of drug-likeness (QED) is 0.846. The molecule has 3 nitrogen and oxygen atoms in total. The predicted molar refractivity (Wildman–Crippen MR) is 85.4 cm³/mol. The number of rotatable bonds is 6. The molecule has 1 atom stereocenters. The molecular formula is C18H20N2O. The van der Waals surface area contributed by atoms with Crippen molar-refractivity contribution in [1.29, 1.82) is 5.26 Å². The fraction of sp³-hybridized carbons (Fsp3) is 0.278. The van der Waals surface area contributed by atoms with Crippen molar-refractivity contribution >= 4 is 5.69 Å². The smallest absolute Gasteiger partial charge is 0.143 e. The van der Waals surface area contributed by atoms with Gasteiger partial charge < -0.3 is 10.1 Å². The number of benzene rings is 2. The van der Waals surface area contributed by atoms with Crippen molar-refractivity contribution < 1.29 is 4.74 Å². The minimum atomic E-state index is 0.234. The van der Waals surface area contributed by atoms with Crippen LogP contribution in [0.2, 0.25) is 0 Å². The molecule has 2 aromatic rings. The molecule has 0 radical (unpaired) electrons. The van der Waals surface area contributed by atoms with E-state index in [1.807, 2.05) is 12.1 Å². The van der Waals surface area contributed by atoms with Gasteiger partial charge in [-0.15, -0.1) is 0 Å². The summed E-state index contributed by atoms with van der Waals surface area (Å²) < 4.78 is 5.39. The monoisotopic (exact) mass is 280 g/mol. The molecule has 0 saturated carbocycles. The molecule has 0 heterocycles. The number of nitrogens with one attached hydrogen (secondary N) is 1. The van der Waals surface area contributed by atoms with Crippen LogP contribution in [-0.2, 0) is 0 Å². The van der Waals surface area contributed by atoms with Gasteiger partial charge in [0.15, 0.2) is 0 Å². The minimum absolute atomic E-state index is 0.234. The Kier molecular flexibility index (Phi) is 5.22. The summed E-state index contributed by atoms with van der Waals surface area (Å²) in [7, 11) is 1.62. The first kappa shape index (κ1) is 14.9. The second-order valence-electron chi connectivity index (χ2n) is 4.92. The summed E-state index contributed by atoms with van der Waals surface area (Å²) in [6.07, 6.45) is 2.12. The Morgan fingerprint density at radius 2 is 1.95 bits per heavy atom. The van der Waals surface area contributed by atoms with Crippen LogP contribution in [0.5, 0.6) is 5.75 Å². The third-order valence-electron chi connectivity index (χ3n) is 3.44. The van der Waals surface area contributed by atoms with Crippen LogP contribution >= 0.6 is 0 Å². The lowest BCUT2D eigenvalue weighted by Gasteiger charge is -2.21. The van der Waals surface area contributed by atoms with Gasteiger partial charge in [-0.3, -0.25) is 0 Å². The van der Waals surface area contributed by atoms with Gasteiger partial charge in [0.2, 0.25) is 0 Å².